The molecule has 0 fully saturated rings. The quantitative estimate of drug-likeness (QED) is 0.671. The third-order valence-electron chi connectivity index (χ3n) is 2.86. The Morgan fingerprint density at radius 1 is 1.07 bits per heavy atom. The van der Waals surface area contributed by atoms with Crippen molar-refractivity contribution in [2.24, 2.45) is 0 Å². The fourth-order valence-electron chi connectivity index (χ4n) is 2.09. The van der Waals surface area contributed by atoms with Crippen molar-refractivity contribution in [2.75, 3.05) is 6.61 Å². The van der Waals surface area contributed by atoms with Crippen LogP contribution in [0.3, 0.4) is 0 Å². The lowest BCUT2D eigenvalue weighted by atomic mass is 9.97. The summed E-state index contributed by atoms with van der Waals surface area (Å²) in [7, 11) is 0. The average Bonchev–Trinajstić information content (AvgIpc) is 2.74. The second-order valence-electron chi connectivity index (χ2n) is 3.78. The number of hydrogen-bond acceptors (Lipinski definition) is 1. The SMILES string of the molecule is C1=CC2=C(c3ccccc3)COC2C=C1. The van der Waals surface area contributed by atoms with E-state index in [1.165, 1.54) is 16.7 Å². The first-order valence-corrected chi connectivity index (χ1v) is 5.20. The minimum Gasteiger partial charge on any atom is -0.365 e. The molecule has 0 amide bonds. The first kappa shape index (κ1) is 8.69. The molecule has 0 radical (unpaired) electrons. The van der Waals surface area contributed by atoms with Gasteiger partial charge in [-0.05, 0) is 16.7 Å². The van der Waals surface area contributed by atoms with Gasteiger partial charge in [0.15, 0.2) is 0 Å². The van der Waals surface area contributed by atoms with Gasteiger partial charge in [0.2, 0.25) is 0 Å². The summed E-state index contributed by atoms with van der Waals surface area (Å²) in [4.78, 5) is 0. The van der Waals surface area contributed by atoms with Gasteiger partial charge < -0.3 is 4.74 Å². The van der Waals surface area contributed by atoms with Crippen LogP contribution in [0.4, 0.5) is 0 Å². The predicted molar refractivity (Wildman–Crippen MR) is 61.4 cm³/mol. The minimum absolute atomic E-state index is 0.171. The van der Waals surface area contributed by atoms with Crippen molar-refractivity contribution in [3.05, 3.63) is 65.8 Å². The molecule has 0 N–H and O–H groups in total. The van der Waals surface area contributed by atoms with Crippen molar-refractivity contribution in [1.82, 2.24) is 0 Å². The van der Waals surface area contributed by atoms with E-state index in [0.29, 0.717) is 0 Å². The molecule has 1 aliphatic carbocycles. The van der Waals surface area contributed by atoms with Crippen LogP contribution in [0.25, 0.3) is 5.57 Å². The monoisotopic (exact) mass is 196 g/mol. The van der Waals surface area contributed by atoms with Gasteiger partial charge in [-0.15, -0.1) is 0 Å². The van der Waals surface area contributed by atoms with Crippen LogP contribution < -0.4 is 0 Å². The maximum absolute atomic E-state index is 5.71. The van der Waals surface area contributed by atoms with Crippen molar-refractivity contribution < 1.29 is 4.74 Å². The Labute approximate surface area is 89.4 Å². The molecule has 1 aromatic carbocycles. The molecule has 1 heteroatoms. The van der Waals surface area contributed by atoms with Crippen LogP contribution in [-0.2, 0) is 4.74 Å². The third-order valence-corrected chi connectivity index (χ3v) is 2.86. The molecule has 0 aromatic heterocycles. The lowest BCUT2D eigenvalue weighted by Gasteiger charge is -2.09. The van der Waals surface area contributed by atoms with Crippen molar-refractivity contribution in [3.63, 3.8) is 0 Å². The zero-order valence-electron chi connectivity index (χ0n) is 8.39. The Kier molecular flexibility index (Phi) is 2.04. The molecule has 1 nitrogen and oxygen atoms in total. The molecular weight excluding hydrogens is 184 g/mol. The Hall–Kier alpha value is -1.60. The van der Waals surface area contributed by atoms with Gasteiger partial charge in [-0.1, -0.05) is 54.6 Å². The number of allylic oxidation sites excluding steroid dienone is 2. The number of hydrogen-bond donors (Lipinski definition) is 0. The van der Waals surface area contributed by atoms with Crippen LogP contribution in [0.1, 0.15) is 5.56 Å². The third kappa shape index (κ3) is 1.45. The molecule has 1 unspecified atom stereocenters. The standard InChI is InChI=1S/C14H12O/c1-2-6-11(7-3-1)13-10-15-14-9-5-4-8-12(13)14/h1-9,14H,10H2. The molecule has 1 heterocycles. The summed E-state index contributed by atoms with van der Waals surface area (Å²) in [6.07, 6.45) is 8.54. The molecule has 1 aromatic rings. The maximum atomic E-state index is 5.71. The Morgan fingerprint density at radius 2 is 1.93 bits per heavy atom. The number of fused-ring (bicyclic) bond motifs is 1. The molecule has 0 bridgehead atoms. The normalized spacial score (nSPS) is 23.3. The number of rotatable bonds is 1. The van der Waals surface area contributed by atoms with Gasteiger partial charge in [-0.2, -0.15) is 0 Å². The van der Waals surface area contributed by atoms with Gasteiger partial charge in [0.1, 0.15) is 6.10 Å². The second-order valence-corrected chi connectivity index (χ2v) is 3.78. The van der Waals surface area contributed by atoms with Crippen molar-refractivity contribution in [3.8, 4) is 0 Å². The molecule has 1 atom stereocenters. The predicted octanol–water partition coefficient (Wildman–Crippen LogP) is 2.97. The zero-order chi connectivity index (χ0) is 10.1. The maximum Gasteiger partial charge on any atom is 0.102 e. The van der Waals surface area contributed by atoms with E-state index in [1.54, 1.807) is 0 Å². The van der Waals surface area contributed by atoms with Crippen LogP contribution in [0.15, 0.2) is 60.2 Å². The van der Waals surface area contributed by atoms with Crippen LogP contribution in [0, 0.1) is 0 Å². The lowest BCUT2D eigenvalue weighted by Crippen LogP contribution is -2.06. The van der Waals surface area contributed by atoms with E-state index in [2.05, 4.69) is 42.5 Å². The second kappa shape index (κ2) is 3.52. The van der Waals surface area contributed by atoms with Crippen molar-refractivity contribution in [1.29, 1.82) is 0 Å². The molecule has 0 saturated carbocycles. The van der Waals surface area contributed by atoms with Gasteiger partial charge in [0.25, 0.3) is 0 Å². The first-order valence-electron chi connectivity index (χ1n) is 5.20. The molecule has 15 heavy (non-hydrogen) atoms. The van der Waals surface area contributed by atoms with Crippen LogP contribution in [0.2, 0.25) is 0 Å². The van der Waals surface area contributed by atoms with Gasteiger partial charge in [0.05, 0.1) is 6.61 Å². The molecule has 74 valence electrons. The molecule has 1 aliphatic heterocycles. The summed E-state index contributed by atoms with van der Waals surface area (Å²) >= 11 is 0. The van der Waals surface area contributed by atoms with E-state index in [4.69, 9.17) is 4.74 Å². The zero-order valence-corrected chi connectivity index (χ0v) is 8.39. The molecule has 2 aliphatic rings. The van der Waals surface area contributed by atoms with E-state index < -0.39 is 0 Å². The number of ether oxygens (including phenoxy) is 1. The highest BCUT2D eigenvalue weighted by molar-refractivity contribution is 5.75. The highest BCUT2D eigenvalue weighted by Crippen LogP contribution is 2.32. The van der Waals surface area contributed by atoms with Gasteiger partial charge in [0, 0.05) is 0 Å². The lowest BCUT2D eigenvalue weighted by molar-refractivity contribution is 0.159. The fraction of sp³-hybridized carbons (Fsp3) is 0.143. The smallest absolute Gasteiger partial charge is 0.102 e. The Balaban J connectivity index is 2.07. The van der Waals surface area contributed by atoms with Crippen LogP contribution in [0.5, 0.6) is 0 Å². The molecule has 3 rings (SSSR count). The van der Waals surface area contributed by atoms with Gasteiger partial charge >= 0.3 is 0 Å². The number of benzene rings is 1. The van der Waals surface area contributed by atoms with Gasteiger partial charge in [-0.25, -0.2) is 0 Å². The van der Waals surface area contributed by atoms with Gasteiger partial charge in [-0.3, -0.25) is 0 Å². The fourth-order valence-corrected chi connectivity index (χ4v) is 2.09. The highest BCUT2D eigenvalue weighted by atomic mass is 16.5. The highest BCUT2D eigenvalue weighted by Gasteiger charge is 2.24. The van der Waals surface area contributed by atoms with Crippen LogP contribution >= 0.6 is 0 Å². The largest absolute Gasteiger partial charge is 0.365 e. The van der Waals surface area contributed by atoms with E-state index in [1.807, 2.05) is 12.1 Å². The summed E-state index contributed by atoms with van der Waals surface area (Å²) in [5, 5.41) is 0. The van der Waals surface area contributed by atoms with Crippen molar-refractivity contribution in [2.45, 2.75) is 6.10 Å². The summed E-state index contributed by atoms with van der Waals surface area (Å²) < 4.78 is 5.71. The average molecular weight is 196 g/mol. The summed E-state index contributed by atoms with van der Waals surface area (Å²) in [6, 6.07) is 10.5. The summed E-state index contributed by atoms with van der Waals surface area (Å²) in [6.45, 7) is 0.721. The van der Waals surface area contributed by atoms with E-state index in [9.17, 15) is 0 Å². The summed E-state index contributed by atoms with van der Waals surface area (Å²) in [5.41, 5.74) is 3.90. The van der Waals surface area contributed by atoms with E-state index >= 15 is 0 Å². The first-order chi connectivity index (χ1) is 7.45. The molecule has 0 saturated heterocycles. The van der Waals surface area contributed by atoms with E-state index in [-0.39, 0.29) is 6.10 Å². The minimum atomic E-state index is 0.171. The van der Waals surface area contributed by atoms with Crippen LogP contribution in [-0.4, -0.2) is 12.7 Å². The molecular formula is C14H12O. The molecule has 0 spiro atoms. The summed E-state index contributed by atoms with van der Waals surface area (Å²) in [5.74, 6) is 0. The Morgan fingerprint density at radius 3 is 2.80 bits per heavy atom. The van der Waals surface area contributed by atoms with E-state index in [0.717, 1.165) is 6.61 Å². The Bertz CT molecular complexity index is 451. The van der Waals surface area contributed by atoms with Crippen molar-refractivity contribution >= 4 is 5.57 Å². The topological polar surface area (TPSA) is 9.23 Å².